The molecule has 0 aliphatic heterocycles. The molecule has 0 bridgehead atoms. The molecule has 0 aromatic heterocycles. The minimum atomic E-state index is -0.888. The summed E-state index contributed by atoms with van der Waals surface area (Å²) in [6.07, 6.45) is 1.25. The third-order valence-corrected chi connectivity index (χ3v) is 1.96. The highest BCUT2D eigenvalue weighted by Crippen LogP contribution is 2.13. The van der Waals surface area contributed by atoms with Gasteiger partial charge in [0.1, 0.15) is 0 Å². The second kappa shape index (κ2) is 7.32. The molecule has 0 saturated heterocycles. The van der Waals surface area contributed by atoms with Gasteiger partial charge in [0.25, 0.3) is 0 Å². The predicted molar refractivity (Wildman–Crippen MR) is 49.1 cm³/mol. The average Bonchev–Trinajstić information content (AvgIpc) is 2.09. The molecule has 0 rings (SSSR count). The molecule has 0 radical (unpaired) electrons. The summed E-state index contributed by atoms with van der Waals surface area (Å²) in [5.74, 6) is -2.26. The molecule has 14 heavy (non-hydrogen) atoms. The highest BCUT2D eigenvalue weighted by Gasteiger charge is 2.16. The van der Waals surface area contributed by atoms with Crippen molar-refractivity contribution in [3.8, 4) is 0 Å². The van der Waals surface area contributed by atoms with Crippen molar-refractivity contribution in [2.75, 3.05) is 13.7 Å². The second-order valence-corrected chi connectivity index (χ2v) is 3.10. The number of rotatable bonds is 8. The summed E-state index contributed by atoms with van der Waals surface area (Å²) >= 11 is 0. The lowest BCUT2D eigenvalue weighted by Gasteiger charge is -2.10. The number of hydrogen-bond donors (Lipinski definition) is 2. The van der Waals surface area contributed by atoms with E-state index in [0.717, 1.165) is 0 Å². The fraction of sp³-hybridized carbons (Fsp3) is 0.778. The summed E-state index contributed by atoms with van der Waals surface area (Å²) in [5, 5.41) is 17.1. The Morgan fingerprint density at radius 1 is 1.29 bits per heavy atom. The predicted octanol–water partition coefficient (Wildman–Crippen LogP) is 0.979. The van der Waals surface area contributed by atoms with Gasteiger partial charge in [0, 0.05) is 20.1 Å². The van der Waals surface area contributed by atoms with Crippen molar-refractivity contribution in [2.45, 2.75) is 25.7 Å². The van der Waals surface area contributed by atoms with Gasteiger partial charge in [-0.1, -0.05) is 0 Å². The zero-order chi connectivity index (χ0) is 11.0. The summed E-state index contributed by atoms with van der Waals surface area (Å²) in [7, 11) is 1.51. The maximum absolute atomic E-state index is 10.7. The van der Waals surface area contributed by atoms with Crippen LogP contribution in [0.1, 0.15) is 25.7 Å². The molecule has 0 aromatic carbocycles. The number of carboxylic acids is 2. The minimum Gasteiger partial charge on any atom is -0.481 e. The van der Waals surface area contributed by atoms with Crippen molar-refractivity contribution in [3.63, 3.8) is 0 Å². The molecular weight excluding hydrogens is 188 g/mol. The first-order chi connectivity index (χ1) is 6.57. The van der Waals surface area contributed by atoms with Crippen molar-refractivity contribution in [1.82, 2.24) is 0 Å². The maximum Gasteiger partial charge on any atom is 0.306 e. The minimum absolute atomic E-state index is 0.0246. The van der Waals surface area contributed by atoms with Gasteiger partial charge in [0.2, 0.25) is 0 Å². The number of methoxy groups -OCH3 is 1. The van der Waals surface area contributed by atoms with E-state index < -0.39 is 17.9 Å². The highest BCUT2D eigenvalue weighted by atomic mass is 16.5. The van der Waals surface area contributed by atoms with Crippen molar-refractivity contribution < 1.29 is 24.5 Å². The van der Waals surface area contributed by atoms with E-state index in [1.807, 2.05) is 0 Å². The van der Waals surface area contributed by atoms with Gasteiger partial charge in [0.15, 0.2) is 0 Å². The number of ether oxygens (including phenoxy) is 1. The third kappa shape index (κ3) is 6.42. The van der Waals surface area contributed by atoms with Crippen molar-refractivity contribution in [3.05, 3.63) is 0 Å². The van der Waals surface area contributed by atoms with Crippen LogP contribution in [0.3, 0.4) is 0 Å². The van der Waals surface area contributed by atoms with Gasteiger partial charge in [0.05, 0.1) is 5.92 Å². The molecule has 0 fully saturated rings. The summed E-state index contributed by atoms with van der Waals surface area (Å²) in [6.45, 7) is 0.393. The zero-order valence-electron chi connectivity index (χ0n) is 8.23. The van der Waals surface area contributed by atoms with Crippen molar-refractivity contribution in [1.29, 1.82) is 0 Å². The Balaban J connectivity index is 3.73. The standard InChI is InChI=1S/C9H16O5/c1-14-6-5-7(9(12)13)3-2-4-8(10)11/h7H,2-6H2,1H3,(H,10,11)(H,12,13)/t7-/m1/s1. The van der Waals surface area contributed by atoms with Gasteiger partial charge < -0.3 is 14.9 Å². The van der Waals surface area contributed by atoms with Crippen LogP contribution >= 0.6 is 0 Å². The Morgan fingerprint density at radius 2 is 1.93 bits per heavy atom. The third-order valence-electron chi connectivity index (χ3n) is 1.96. The van der Waals surface area contributed by atoms with Gasteiger partial charge in [-0.05, 0) is 19.3 Å². The van der Waals surface area contributed by atoms with Crippen LogP contribution in [0.5, 0.6) is 0 Å². The molecule has 0 aliphatic carbocycles. The molecular formula is C9H16O5. The molecule has 0 spiro atoms. The fourth-order valence-corrected chi connectivity index (χ4v) is 1.15. The SMILES string of the molecule is COCC[C@@H](CCCC(=O)O)C(=O)O. The van der Waals surface area contributed by atoms with E-state index in [4.69, 9.17) is 14.9 Å². The molecule has 0 aliphatic rings. The zero-order valence-corrected chi connectivity index (χ0v) is 8.23. The van der Waals surface area contributed by atoms with E-state index in [-0.39, 0.29) is 6.42 Å². The topological polar surface area (TPSA) is 83.8 Å². The van der Waals surface area contributed by atoms with E-state index in [1.165, 1.54) is 7.11 Å². The normalized spacial score (nSPS) is 12.4. The molecule has 0 aromatic rings. The van der Waals surface area contributed by atoms with E-state index >= 15 is 0 Å². The Hall–Kier alpha value is -1.10. The van der Waals surface area contributed by atoms with Crippen LogP contribution in [0.4, 0.5) is 0 Å². The van der Waals surface area contributed by atoms with Crippen LogP contribution in [0.25, 0.3) is 0 Å². The Kier molecular flexibility index (Phi) is 6.74. The Morgan fingerprint density at radius 3 is 2.36 bits per heavy atom. The summed E-state index contributed by atoms with van der Waals surface area (Å²) in [4.78, 5) is 20.9. The smallest absolute Gasteiger partial charge is 0.306 e. The first-order valence-electron chi connectivity index (χ1n) is 4.51. The first-order valence-corrected chi connectivity index (χ1v) is 4.51. The van der Waals surface area contributed by atoms with Crippen LogP contribution in [-0.2, 0) is 14.3 Å². The first kappa shape index (κ1) is 12.9. The second-order valence-electron chi connectivity index (χ2n) is 3.10. The van der Waals surface area contributed by atoms with Gasteiger partial charge in [-0.3, -0.25) is 9.59 Å². The molecule has 0 heterocycles. The number of carbonyl (C=O) groups is 2. The molecule has 82 valence electrons. The van der Waals surface area contributed by atoms with Crippen LogP contribution in [0, 0.1) is 5.92 Å². The maximum atomic E-state index is 10.7. The van der Waals surface area contributed by atoms with Gasteiger partial charge >= 0.3 is 11.9 Å². The van der Waals surface area contributed by atoms with E-state index in [0.29, 0.717) is 25.9 Å². The number of carboxylic acid groups (broad SMARTS) is 2. The highest BCUT2D eigenvalue weighted by molar-refractivity contribution is 5.70. The largest absolute Gasteiger partial charge is 0.481 e. The lowest BCUT2D eigenvalue weighted by Crippen LogP contribution is -2.16. The van der Waals surface area contributed by atoms with Gasteiger partial charge in [-0.15, -0.1) is 0 Å². The van der Waals surface area contributed by atoms with Gasteiger partial charge in [-0.25, -0.2) is 0 Å². The molecule has 1 atom stereocenters. The lowest BCUT2D eigenvalue weighted by molar-refractivity contribution is -0.143. The molecule has 5 heteroatoms. The van der Waals surface area contributed by atoms with Crippen LogP contribution in [0.15, 0.2) is 0 Å². The van der Waals surface area contributed by atoms with E-state index in [9.17, 15) is 9.59 Å². The molecule has 0 amide bonds. The van der Waals surface area contributed by atoms with Crippen molar-refractivity contribution in [2.24, 2.45) is 5.92 Å². The fourth-order valence-electron chi connectivity index (χ4n) is 1.15. The molecule has 2 N–H and O–H groups in total. The Bertz CT molecular complexity index is 190. The monoisotopic (exact) mass is 204 g/mol. The number of hydrogen-bond acceptors (Lipinski definition) is 3. The average molecular weight is 204 g/mol. The molecule has 5 nitrogen and oxygen atoms in total. The van der Waals surface area contributed by atoms with Crippen LogP contribution in [0.2, 0.25) is 0 Å². The molecule has 0 saturated carbocycles. The Labute approximate surface area is 82.7 Å². The van der Waals surface area contributed by atoms with Crippen molar-refractivity contribution >= 4 is 11.9 Å². The number of aliphatic carboxylic acids is 2. The quantitative estimate of drug-likeness (QED) is 0.615. The van der Waals surface area contributed by atoms with Crippen LogP contribution in [-0.4, -0.2) is 35.9 Å². The summed E-state index contributed by atoms with van der Waals surface area (Å²) in [5.41, 5.74) is 0. The lowest BCUT2D eigenvalue weighted by atomic mass is 9.99. The summed E-state index contributed by atoms with van der Waals surface area (Å²) in [6, 6.07) is 0. The summed E-state index contributed by atoms with van der Waals surface area (Å²) < 4.78 is 4.77. The van der Waals surface area contributed by atoms with Crippen LogP contribution < -0.4 is 0 Å². The van der Waals surface area contributed by atoms with E-state index in [2.05, 4.69) is 0 Å². The van der Waals surface area contributed by atoms with Gasteiger partial charge in [-0.2, -0.15) is 0 Å². The molecule has 0 unspecified atom stereocenters. The van der Waals surface area contributed by atoms with E-state index in [1.54, 1.807) is 0 Å².